The van der Waals surface area contributed by atoms with Gasteiger partial charge in [0.1, 0.15) is 9.84 Å². The number of fused-ring (bicyclic) bond motifs is 1. The van der Waals surface area contributed by atoms with Crippen LogP contribution < -0.4 is 5.32 Å². The highest BCUT2D eigenvalue weighted by molar-refractivity contribution is 7.90. The number of rotatable bonds is 6. The molecule has 0 aliphatic rings. The van der Waals surface area contributed by atoms with Crippen LogP contribution in [0, 0.1) is 0 Å². The van der Waals surface area contributed by atoms with Crippen LogP contribution >= 0.6 is 0 Å². The van der Waals surface area contributed by atoms with Gasteiger partial charge in [-0.15, -0.1) is 0 Å². The Morgan fingerprint density at radius 1 is 1.10 bits per heavy atom. The molecule has 1 N–H and O–H groups in total. The third kappa shape index (κ3) is 4.32. The summed E-state index contributed by atoms with van der Waals surface area (Å²) in [4.78, 5) is 0. The lowest BCUT2D eigenvalue weighted by molar-refractivity contribution is 0.545. The van der Waals surface area contributed by atoms with Gasteiger partial charge in [0.2, 0.25) is 0 Å². The molecule has 0 aromatic heterocycles. The van der Waals surface area contributed by atoms with Crippen LogP contribution in [-0.2, 0) is 16.3 Å². The lowest BCUT2D eigenvalue weighted by atomic mass is 10.0. The first-order chi connectivity index (χ1) is 9.48. The fraction of sp³-hybridized carbons (Fsp3) is 0.375. The number of hydrogen-bond acceptors (Lipinski definition) is 3. The van der Waals surface area contributed by atoms with Gasteiger partial charge in [0.15, 0.2) is 0 Å². The van der Waals surface area contributed by atoms with Crippen molar-refractivity contribution in [2.24, 2.45) is 0 Å². The number of hydrogen-bond donors (Lipinski definition) is 1. The quantitative estimate of drug-likeness (QED) is 0.889. The zero-order valence-corrected chi connectivity index (χ0v) is 12.8. The summed E-state index contributed by atoms with van der Waals surface area (Å²) in [6.07, 6.45) is 2.02. The van der Waals surface area contributed by atoms with Crippen LogP contribution in [0.5, 0.6) is 0 Å². The summed E-state index contributed by atoms with van der Waals surface area (Å²) in [6, 6.07) is 14.5. The van der Waals surface area contributed by atoms with Gasteiger partial charge in [-0.2, -0.15) is 0 Å². The van der Waals surface area contributed by atoms with Gasteiger partial charge in [0, 0.05) is 12.3 Å². The summed E-state index contributed by atoms with van der Waals surface area (Å²) in [5.41, 5.74) is 1.17. The van der Waals surface area contributed by atoms with Gasteiger partial charge in [-0.05, 0) is 29.3 Å². The molecule has 0 aliphatic heterocycles. The van der Waals surface area contributed by atoms with Crippen LogP contribution in [-0.4, -0.2) is 33.0 Å². The minimum atomic E-state index is -2.97. The van der Waals surface area contributed by atoms with E-state index in [-0.39, 0.29) is 11.8 Å². The van der Waals surface area contributed by atoms with Crippen LogP contribution in [0.2, 0.25) is 0 Å². The standard InChI is InChI=1S/C16H21NO2S/c1-3-17-16(12-20(2,18)19)11-13-8-9-14-6-4-5-7-15(14)10-13/h4-10,16-17H,3,11-12H2,1-2H3. The molecule has 0 fully saturated rings. The molecule has 1 unspecified atom stereocenters. The normalized spacial score (nSPS) is 13.5. The highest BCUT2D eigenvalue weighted by Crippen LogP contribution is 2.17. The largest absolute Gasteiger partial charge is 0.313 e. The van der Waals surface area contributed by atoms with Crippen molar-refractivity contribution in [1.82, 2.24) is 5.32 Å². The summed E-state index contributed by atoms with van der Waals surface area (Å²) in [6.45, 7) is 2.77. The topological polar surface area (TPSA) is 46.2 Å². The number of nitrogens with one attached hydrogen (secondary N) is 1. The Kier molecular flexibility index (Phi) is 4.78. The van der Waals surface area contributed by atoms with E-state index < -0.39 is 9.84 Å². The Morgan fingerprint density at radius 3 is 2.45 bits per heavy atom. The molecule has 0 radical (unpaired) electrons. The minimum Gasteiger partial charge on any atom is -0.313 e. The van der Waals surface area contributed by atoms with Gasteiger partial charge in [-0.3, -0.25) is 0 Å². The molecule has 4 heteroatoms. The molecule has 108 valence electrons. The molecule has 0 saturated carbocycles. The van der Waals surface area contributed by atoms with Crippen molar-refractivity contribution >= 4 is 20.6 Å². The first-order valence-corrected chi connectivity index (χ1v) is 8.93. The van der Waals surface area contributed by atoms with E-state index in [0.717, 1.165) is 13.0 Å². The molecule has 2 aromatic carbocycles. The molecule has 0 amide bonds. The predicted molar refractivity (Wildman–Crippen MR) is 84.8 cm³/mol. The Balaban J connectivity index is 2.19. The molecule has 0 saturated heterocycles. The average molecular weight is 291 g/mol. The Bertz CT molecular complexity index is 680. The first kappa shape index (κ1) is 15.0. The molecular weight excluding hydrogens is 270 g/mol. The maximum absolute atomic E-state index is 11.5. The maximum atomic E-state index is 11.5. The molecule has 0 spiro atoms. The third-order valence-electron chi connectivity index (χ3n) is 3.29. The van der Waals surface area contributed by atoms with Crippen LogP contribution in [0.1, 0.15) is 12.5 Å². The Hall–Kier alpha value is -1.39. The van der Waals surface area contributed by atoms with Crippen molar-refractivity contribution in [3.05, 3.63) is 48.0 Å². The molecule has 0 aliphatic carbocycles. The summed E-state index contributed by atoms with van der Waals surface area (Å²) >= 11 is 0. The summed E-state index contributed by atoms with van der Waals surface area (Å²) < 4.78 is 23.0. The van der Waals surface area contributed by atoms with E-state index in [2.05, 4.69) is 35.6 Å². The van der Waals surface area contributed by atoms with Crippen LogP contribution in [0.3, 0.4) is 0 Å². The second-order valence-electron chi connectivity index (χ2n) is 5.23. The van der Waals surface area contributed by atoms with Crippen molar-refractivity contribution < 1.29 is 8.42 Å². The first-order valence-electron chi connectivity index (χ1n) is 6.87. The smallest absolute Gasteiger partial charge is 0.148 e. The van der Waals surface area contributed by atoms with Gasteiger partial charge in [-0.25, -0.2) is 8.42 Å². The molecule has 0 bridgehead atoms. The zero-order chi connectivity index (χ0) is 14.6. The van der Waals surface area contributed by atoms with Crippen LogP contribution in [0.15, 0.2) is 42.5 Å². The lowest BCUT2D eigenvalue weighted by Gasteiger charge is -2.17. The molecule has 3 nitrogen and oxygen atoms in total. The van der Waals surface area contributed by atoms with Crippen molar-refractivity contribution in [3.8, 4) is 0 Å². The van der Waals surface area contributed by atoms with Gasteiger partial charge in [0.05, 0.1) is 5.75 Å². The van der Waals surface area contributed by atoms with Gasteiger partial charge in [-0.1, -0.05) is 49.4 Å². The monoisotopic (exact) mass is 291 g/mol. The van der Waals surface area contributed by atoms with Crippen molar-refractivity contribution in [2.45, 2.75) is 19.4 Å². The molecule has 20 heavy (non-hydrogen) atoms. The maximum Gasteiger partial charge on any atom is 0.148 e. The third-order valence-corrected chi connectivity index (χ3v) is 4.30. The fourth-order valence-electron chi connectivity index (χ4n) is 2.49. The van der Waals surface area contributed by atoms with Crippen molar-refractivity contribution in [2.75, 3.05) is 18.6 Å². The van der Waals surface area contributed by atoms with E-state index in [1.54, 1.807) is 0 Å². The minimum absolute atomic E-state index is 0.0313. The van der Waals surface area contributed by atoms with E-state index in [1.807, 2.05) is 19.1 Å². The van der Waals surface area contributed by atoms with E-state index in [0.29, 0.717) is 0 Å². The predicted octanol–water partition coefficient (Wildman–Crippen LogP) is 2.41. The number of benzene rings is 2. The van der Waals surface area contributed by atoms with Crippen molar-refractivity contribution in [3.63, 3.8) is 0 Å². The van der Waals surface area contributed by atoms with Crippen molar-refractivity contribution in [1.29, 1.82) is 0 Å². The lowest BCUT2D eigenvalue weighted by Crippen LogP contribution is -2.37. The summed E-state index contributed by atoms with van der Waals surface area (Å²) in [7, 11) is -2.97. The van der Waals surface area contributed by atoms with E-state index in [9.17, 15) is 8.42 Å². The zero-order valence-electron chi connectivity index (χ0n) is 12.0. The Morgan fingerprint density at radius 2 is 1.80 bits per heavy atom. The van der Waals surface area contributed by atoms with Gasteiger partial charge < -0.3 is 5.32 Å². The second-order valence-corrected chi connectivity index (χ2v) is 7.42. The molecule has 2 aromatic rings. The van der Waals surface area contributed by atoms with E-state index in [4.69, 9.17) is 0 Å². The van der Waals surface area contributed by atoms with E-state index in [1.165, 1.54) is 22.6 Å². The molecule has 0 heterocycles. The Labute approximate surface area is 120 Å². The second kappa shape index (κ2) is 6.37. The highest BCUT2D eigenvalue weighted by Gasteiger charge is 2.15. The molecule has 2 rings (SSSR count). The number of likely N-dealkylation sites (N-methyl/N-ethyl adjacent to an activating group) is 1. The van der Waals surface area contributed by atoms with Gasteiger partial charge in [0.25, 0.3) is 0 Å². The molecule has 1 atom stereocenters. The van der Waals surface area contributed by atoms with Crippen LogP contribution in [0.25, 0.3) is 10.8 Å². The van der Waals surface area contributed by atoms with Crippen LogP contribution in [0.4, 0.5) is 0 Å². The van der Waals surface area contributed by atoms with E-state index >= 15 is 0 Å². The average Bonchev–Trinajstić information content (AvgIpc) is 2.37. The van der Waals surface area contributed by atoms with Gasteiger partial charge >= 0.3 is 0 Å². The summed E-state index contributed by atoms with van der Waals surface area (Å²) in [5, 5.41) is 5.66. The molecular formula is C16H21NO2S. The number of sulfone groups is 1. The SMILES string of the molecule is CCNC(Cc1ccc2ccccc2c1)CS(C)(=O)=O. The highest BCUT2D eigenvalue weighted by atomic mass is 32.2. The fourth-order valence-corrected chi connectivity index (χ4v) is 3.46. The summed E-state index contributed by atoms with van der Waals surface area (Å²) in [5.74, 6) is 0.174.